The molecule has 0 aromatic heterocycles. The van der Waals surface area contributed by atoms with Crippen molar-refractivity contribution in [3.8, 4) is 0 Å². The minimum atomic E-state index is -0.232. The number of imide groups is 1. The number of benzene rings is 1. The van der Waals surface area contributed by atoms with Gasteiger partial charge in [0.15, 0.2) is 0 Å². The number of piperidine rings is 1. The second kappa shape index (κ2) is 4.69. The summed E-state index contributed by atoms with van der Waals surface area (Å²) in [7, 11) is 0. The highest BCUT2D eigenvalue weighted by Gasteiger charge is 2.58. The van der Waals surface area contributed by atoms with E-state index in [9.17, 15) is 9.59 Å². The normalized spacial score (nSPS) is 35.0. The molecule has 0 radical (unpaired) electrons. The van der Waals surface area contributed by atoms with Gasteiger partial charge in [0.05, 0.1) is 5.92 Å². The van der Waals surface area contributed by atoms with Crippen molar-refractivity contribution in [3.05, 3.63) is 35.9 Å². The van der Waals surface area contributed by atoms with Gasteiger partial charge in [0, 0.05) is 6.42 Å². The predicted molar refractivity (Wildman–Crippen MR) is 81.6 cm³/mol. The van der Waals surface area contributed by atoms with Gasteiger partial charge in [-0.3, -0.25) is 14.9 Å². The maximum Gasteiger partial charge on any atom is 0.234 e. The molecule has 2 fully saturated rings. The van der Waals surface area contributed by atoms with Crippen LogP contribution in [0.5, 0.6) is 0 Å². The van der Waals surface area contributed by atoms with Crippen molar-refractivity contribution >= 4 is 11.8 Å². The van der Waals surface area contributed by atoms with Crippen molar-refractivity contribution in [1.82, 2.24) is 5.32 Å². The minimum Gasteiger partial charge on any atom is -0.296 e. The van der Waals surface area contributed by atoms with Gasteiger partial charge in [-0.2, -0.15) is 0 Å². The lowest BCUT2D eigenvalue weighted by atomic mass is 9.61. The molecule has 2 amide bonds. The Balaban J connectivity index is 2.10. The SMILES string of the molecule is CC1CC(C)(C)CC12CC(=O)NC(=O)C2c1ccccc1. The molecule has 1 aromatic carbocycles. The Labute approximate surface area is 126 Å². The van der Waals surface area contributed by atoms with Crippen molar-refractivity contribution < 1.29 is 9.59 Å². The standard InChI is InChI=1S/C18H23NO2/c1-12-9-17(2,3)11-18(12)10-14(20)19-16(21)15(18)13-7-5-4-6-8-13/h4-8,12,15H,9-11H2,1-3H3,(H,19,20,21). The van der Waals surface area contributed by atoms with E-state index >= 15 is 0 Å². The Kier molecular flexibility index (Phi) is 3.19. The third-order valence-electron chi connectivity index (χ3n) is 5.37. The predicted octanol–water partition coefficient (Wildman–Crippen LogP) is 3.26. The zero-order chi connectivity index (χ0) is 15.3. The summed E-state index contributed by atoms with van der Waals surface area (Å²) in [5.41, 5.74) is 0.987. The Hall–Kier alpha value is -1.64. The number of nitrogens with one attached hydrogen (secondary N) is 1. The van der Waals surface area contributed by atoms with E-state index in [1.54, 1.807) is 0 Å². The lowest BCUT2D eigenvalue weighted by molar-refractivity contribution is -0.141. The Morgan fingerprint density at radius 3 is 2.38 bits per heavy atom. The number of hydrogen-bond acceptors (Lipinski definition) is 2. The molecule has 1 aromatic rings. The molecule has 1 aliphatic carbocycles. The highest BCUT2D eigenvalue weighted by Crippen LogP contribution is 2.61. The topological polar surface area (TPSA) is 46.2 Å². The van der Waals surface area contributed by atoms with Crippen LogP contribution < -0.4 is 5.32 Å². The highest BCUT2D eigenvalue weighted by atomic mass is 16.2. The number of carbonyl (C=O) groups excluding carboxylic acids is 2. The van der Waals surface area contributed by atoms with E-state index in [2.05, 4.69) is 26.1 Å². The lowest BCUT2D eigenvalue weighted by Gasteiger charge is -2.43. The first-order valence-electron chi connectivity index (χ1n) is 7.73. The van der Waals surface area contributed by atoms with Gasteiger partial charge in [0.25, 0.3) is 0 Å². The molecule has 3 heteroatoms. The molecule has 3 nitrogen and oxygen atoms in total. The van der Waals surface area contributed by atoms with Gasteiger partial charge in [0.1, 0.15) is 0 Å². The zero-order valence-electron chi connectivity index (χ0n) is 13.0. The zero-order valence-corrected chi connectivity index (χ0v) is 13.0. The largest absolute Gasteiger partial charge is 0.296 e. The monoisotopic (exact) mass is 285 g/mol. The molecule has 1 saturated heterocycles. The van der Waals surface area contributed by atoms with Gasteiger partial charge in [0.2, 0.25) is 11.8 Å². The van der Waals surface area contributed by atoms with Gasteiger partial charge in [-0.05, 0) is 35.2 Å². The summed E-state index contributed by atoms with van der Waals surface area (Å²) in [6, 6.07) is 9.93. The molecule has 3 rings (SSSR count). The van der Waals surface area contributed by atoms with E-state index in [4.69, 9.17) is 0 Å². The summed E-state index contributed by atoms with van der Waals surface area (Å²) in [5, 5.41) is 2.55. The number of amides is 2. The summed E-state index contributed by atoms with van der Waals surface area (Å²) in [6.07, 6.45) is 2.46. The molecule has 3 atom stereocenters. The summed E-state index contributed by atoms with van der Waals surface area (Å²) in [4.78, 5) is 24.6. The van der Waals surface area contributed by atoms with E-state index in [1.807, 2.05) is 30.3 Å². The van der Waals surface area contributed by atoms with Crippen LogP contribution in [0.2, 0.25) is 0 Å². The number of rotatable bonds is 1. The molecule has 1 heterocycles. The molecular weight excluding hydrogens is 262 g/mol. The first kappa shape index (κ1) is 14.3. The molecular formula is C18H23NO2. The van der Waals surface area contributed by atoms with Crippen molar-refractivity contribution in [2.45, 2.75) is 46.0 Å². The fourth-order valence-electron chi connectivity index (χ4n) is 4.84. The summed E-state index contributed by atoms with van der Waals surface area (Å²) in [5.74, 6) is -0.0837. The number of hydrogen-bond donors (Lipinski definition) is 1. The van der Waals surface area contributed by atoms with Crippen LogP contribution >= 0.6 is 0 Å². The van der Waals surface area contributed by atoms with Crippen LogP contribution in [-0.4, -0.2) is 11.8 Å². The van der Waals surface area contributed by atoms with Crippen LogP contribution in [0.4, 0.5) is 0 Å². The van der Waals surface area contributed by atoms with Crippen LogP contribution in [0.25, 0.3) is 0 Å². The molecule has 2 aliphatic rings. The molecule has 21 heavy (non-hydrogen) atoms. The van der Waals surface area contributed by atoms with Gasteiger partial charge in [-0.15, -0.1) is 0 Å². The van der Waals surface area contributed by atoms with Crippen LogP contribution in [0, 0.1) is 16.7 Å². The van der Waals surface area contributed by atoms with Gasteiger partial charge in [-0.1, -0.05) is 51.1 Å². The maximum atomic E-state index is 12.6. The fraction of sp³-hybridized carbons (Fsp3) is 0.556. The van der Waals surface area contributed by atoms with Crippen LogP contribution in [-0.2, 0) is 9.59 Å². The highest BCUT2D eigenvalue weighted by molar-refractivity contribution is 6.02. The smallest absolute Gasteiger partial charge is 0.234 e. The molecule has 1 spiro atoms. The average molecular weight is 285 g/mol. The molecule has 112 valence electrons. The molecule has 1 N–H and O–H groups in total. The summed E-state index contributed by atoms with van der Waals surface area (Å²) < 4.78 is 0. The van der Waals surface area contributed by atoms with Gasteiger partial charge < -0.3 is 0 Å². The molecule has 3 unspecified atom stereocenters. The molecule has 1 aliphatic heterocycles. The Morgan fingerprint density at radius 2 is 1.81 bits per heavy atom. The first-order valence-corrected chi connectivity index (χ1v) is 7.73. The van der Waals surface area contributed by atoms with E-state index < -0.39 is 0 Å². The Morgan fingerprint density at radius 1 is 1.14 bits per heavy atom. The van der Waals surface area contributed by atoms with Crippen molar-refractivity contribution in [3.63, 3.8) is 0 Å². The van der Waals surface area contributed by atoms with E-state index in [1.165, 1.54) is 0 Å². The van der Waals surface area contributed by atoms with Crippen molar-refractivity contribution in [2.24, 2.45) is 16.7 Å². The number of carbonyl (C=O) groups is 2. The Bertz CT molecular complexity index is 578. The maximum absolute atomic E-state index is 12.6. The lowest BCUT2D eigenvalue weighted by Crippen LogP contribution is -2.52. The van der Waals surface area contributed by atoms with Crippen LogP contribution in [0.15, 0.2) is 30.3 Å². The fourth-order valence-corrected chi connectivity index (χ4v) is 4.84. The first-order chi connectivity index (χ1) is 9.84. The van der Waals surface area contributed by atoms with Crippen molar-refractivity contribution in [2.75, 3.05) is 0 Å². The second-order valence-corrected chi connectivity index (χ2v) is 7.61. The molecule has 1 saturated carbocycles. The van der Waals surface area contributed by atoms with Gasteiger partial charge in [-0.25, -0.2) is 0 Å². The van der Waals surface area contributed by atoms with Crippen molar-refractivity contribution in [1.29, 1.82) is 0 Å². The third kappa shape index (κ3) is 2.29. The van der Waals surface area contributed by atoms with E-state index in [0.717, 1.165) is 18.4 Å². The quantitative estimate of drug-likeness (QED) is 0.805. The van der Waals surface area contributed by atoms with Crippen LogP contribution in [0.3, 0.4) is 0 Å². The summed E-state index contributed by atoms with van der Waals surface area (Å²) in [6.45, 7) is 6.70. The summed E-state index contributed by atoms with van der Waals surface area (Å²) >= 11 is 0. The minimum absolute atomic E-state index is 0.114. The van der Waals surface area contributed by atoms with Crippen LogP contribution in [0.1, 0.15) is 51.5 Å². The molecule has 0 bridgehead atoms. The second-order valence-electron chi connectivity index (χ2n) is 7.61. The van der Waals surface area contributed by atoms with Gasteiger partial charge >= 0.3 is 0 Å². The average Bonchev–Trinajstić information content (AvgIpc) is 2.59. The third-order valence-corrected chi connectivity index (χ3v) is 5.37. The van der Waals surface area contributed by atoms with E-state index in [-0.39, 0.29) is 28.6 Å². The van der Waals surface area contributed by atoms with E-state index in [0.29, 0.717) is 12.3 Å².